The number of amides is 1. The van der Waals surface area contributed by atoms with Gasteiger partial charge in [-0.15, -0.1) is 0 Å². The average Bonchev–Trinajstić information content (AvgIpc) is 3.03. The zero-order valence-electron chi connectivity index (χ0n) is 12.4. The summed E-state index contributed by atoms with van der Waals surface area (Å²) in [5, 5.41) is 6.62. The van der Waals surface area contributed by atoms with Crippen molar-refractivity contribution in [3.05, 3.63) is 76.0 Å². The SMILES string of the molecule is Cc1ccc(-c2cc(CNC(=O)c3ccc(=O)oc3)no2)cc1. The Kier molecular flexibility index (Phi) is 4.05. The van der Waals surface area contributed by atoms with Crippen molar-refractivity contribution in [3.8, 4) is 11.3 Å². The summed E-state index contributed by atoms with van der Waals surface area (Å²) in [7, 11) is 0. The Labute approximate surface area is 131 Å². The van der Waals surface area contributed by atoms with Gasteiger partial charge in [0.05, 0.1) is 12.1 Å². The van der Waals surface area contributed by atoms with E-state index in [0.29, 0.717) is 11.5 Å². The van der Waals surface area contributed by atoms with E-state index in [-0.39, 0.29) is 18.0 Å². The van der Waals surface area contributed by atoms with Gasteiger partial charge in [-0.25, -0.2) is 4.79 Å². The molecule has 0 bridgehead atoms. The summed E-state index contributed by atoms with van der Waals surface area (Å²) >= 11 is 0. The van der Waals surface area contributed by atoms with Crippen molar-refractivity contribution in [2.75, 3.05) is 0 Å². The van der Waals surface area contributed by atoms with Gasteiger partial charge in [-0.2, -0.15) is 0 Å². The fourth-order valence-corrected chi connectivity index (χ4v) is 2.01. The molecule has 2 heterocycles. The molecule has 0 spiro atoms. The molecule has 23 heavy (non-hydrogen) atoms. The Balaban J connectivity index is 1.65. The maximum atomic E-state index is 11.9. The molecule has 0 saturated carbocycles. The number of aromatic nitrogens is 1. The maximum Gasteiger partial charge on any atom is 0.335 e. The van der Waals surface area contributed by atoms with E-state index in [0.717, 1.165) is 17.4 Å². The lowest BCUT2D eigenvalue weighted by Gasteiger charge is -2.01. The minimum Gasteiger partial charge on any atom is -0.430 e. The van der Waals surface area contributed by atoms with Gasteiger partial charge < -0.3 is 14.3 Å². The quantitative estimate of drug-likeness (QED) is 0.800. The smallest absolute Gasteiger partial charge is 0.335 e. The molecule has 1 N–H and O–H groups in total. The van der Waals surface area contributed by atoms with Gasteiger partial charge >= 0.3 is 5.63 Å². The number of benzene rings is 1. The molecule has 116 valence electrons. The highest BCUT2D eigenvalue weighted by Crippen LogP contribution is 2.20. The highest BCUT2D eigenvalue weighted by atomic mass is 16.5. The topological polar surface area (TPSA) is 85.3 Å². The number of aryl methyl sites for hydroxylation is 1. The molecule has 0 fully saturated rings. The summed E-state index contributed by atoms with van der Waals surface area (Å²) in [5.41, 5.74) is 2.46. The van der Waals surface area contributed by atoms with Gasteiger partial charge in [0.15, 0.2) is 5.76 Å². The van der Waals surface area contributed by atoms with E-state index >= 15 is 0 Å². The number of rotatable bonds is 4. The minimum absolute atomic E-state index is 0.216. The number of hydrogen-bond donors (Lipinski definition) is 1. The first kappa shape index (κ1) is 14.8. The number of carbonyl (C=O) groups excluding carboxylic acids is 1. The second-order valence-corrected chi connectivity index (χ2v) is 5.07. The zero-order valence-corrected chi connectivity index (χ0v) is 12.4. The summed E-state index contributed by atoms with van der Waals surface area (Å²) in [6, 6.07) is 12.2. The minimum atomic E-state index is -0.499. The highest BCUT2D eigenvalue weighted by Gasteiger charge is 2.10. The van der Waals surface area contributed by atoms with Gasteiger partial charge in [-0.3, -0.25) is 4.79 Å². The van der Waals surface area contributed by atoms with E-state index in [1.54, 1.807) is 6.07 Å². The lowest BCUT2D eigenvalue weighted by Crippen LogP contribution is -2.23. The van der Waals surface area contributed by atoms with E-state index in [2.05, 4.69) is 14.9 Å². The highest BCUT2D eigenvalue weighted by molar-refractivity contribution is 5.93. The molecule has 1 amide bonds. The molecule has 2 aromatic heterocycles. The van der Waals surface area contributed by atoms with Gasteiger partial charge in [0.1, 0.15) is 12.0 Å². The first-order valence-electron chi connectivity index (χ1n) is 7.01. The van der Waals surface area contributed by atoms with Gasteiger partial charge in [0.2, 0.25) is 0 Å². The lowest BCUT2D eigenvalue weighted by atomic mass is 10.1. The molecule has 3 rings (SSSR count). The zero-order chi connectivity index (χ0) is 16.2. The lowest BCUT2D eigenvalue weighted by molar-refractivity contribution is 0.0947. The van der Waals surface area contributed by atoms with Gasteiger partial charge in [0.25, 0.3) is 5.91 Å². The molecule has 1 aromatic carbocycles. The van der Waals surface area contributed by atoms with Crippen LogP contribution in [-0.2, 0) is 6.54 Å². The molecule has 0 saturated heterocycles. The van der Waals surface area contributed by atoms with Crippen LogP contribution in [0.3, 0.4) is 0 Å². The Morgan fingerprint density at radius 2 is 1.96 bits per heavy atom. The molecule has 0 unspecified atom stereocenters. The molecule has 6 heteroatoms. The molecule has 0 radical (unpaired) electrons. The Hall–Kier alpha value is -3.15. The van der Waals surface area contributed by atoms with Crippen LogP contribution >= 0.6 is 0 Å². The summed E-state index contributed by atoms with van der Waals surface area (Å²) in [6.45, 7) is 2.23. The molecule has 0 aliphatic heterocycles. The molecule has 3 aromatic rings. The number of nitrogens with zero attached hydrogens (tertiary/aromatic N) is 1. The van der Waals surface area contributed by atoms with Crippen LogP contribution in [0, 0.1) is 6.92 Å². The number of carbonyl (C=O) groups is 1. The van der Waals surface area contributed by atoms with Crippen molar-refractivity contribution in [1.82, 2.24) is 10.5 Å². The summed E-state index contributed by atoms with van der Waals surface area (Å²) in [6.07, 6.45) is 1.12. The standard InChI is InChI=1S/C17H14N2O4/c1-11-2-4-12(5-3-11)15-8-14(19-23-15)9-18-17(21)13-6-7-16(20)22-10-13/h2-8,10H,9H2,1H3,(H,18,21). The number of hydrogen-bond acceptors (Lipinski definition) is 5. The van der Waals surface area contributed by atoms with Crippen molar-refractivity contribution < 1.29 is 13.7 Å². The van der Waals surface area contributed by atoms with Crippen molar-refractivity contribution in [3.63, 3.8) is 0 Å². The fraction of sp³-hybridized carbons (Fsp3) is 0.118. The Morgan fingerprint density at radius 1 is 1.17 bits per heavy atom. The largest absolute Gasteiger partial charge is 0.430 e. The van der Waals surface area contributed by atoms with E-state index in [1.165, 1.54) is 12.1 Å². The molecule has 0 aliphatic carbocycles. The van der Waals surface area contributed by atoms with Crippen LogP contribution in [0.4, 0.5) is 0 Å². The molecular weight excluding hydrogens is 296 g/mol. The third kappa shape index (κ3) is 3.55. The van der Waals surface area contributed by atoms with E-state index in [4.69, 9.17) is 4.52 Å². The number of nitrogens with one attached hydrogen (secondary N) is 1. The predicted octanol–water partition coefficient (Wildman–Crippen LogP) is 2.53. The first-order valence-corrected chi connectivity index (χ1v) is 7.01. The molecule has 6 nitrogen and oxygen atoms in total. The van der Waals surface area contributed by atoms with Crippen LogP contribution in [0.2, 0.25) is 0 Å². The molecule has 0 atom stereocenters. The van der Waals surface area contributed by atoms with Crippen LogP contribution in [0.15, 0.2) is 62.5 Å². The second-order valence-electron chi connectivity index (χ2n) is 5.07. The molecule has 0 aliphatic rings. The fourth-order valence-electron chi connectivity index (χ4n) is 2.01. The van der Waals surface area contributed by atoms with E-state index in [9.17, 15) is 9.59 Å². The predicted molar refractivity (Wildman–Crippen MR) is 82.8 cm³/mol. The van der Waals surface area contributed by atoms with Gasteiger partial charge in [0, 0.05) is 17.7 Å². The van der Waals surface area contributed by atoms with Gasteiger partial charge in [-0.05, 0) is 13.0 Å². The second kappa shape index (κ2) is 6.31. The van der Waals surface area contributed by atoms with Crippen LogP contribution in [-0.4, -0.2) is 11.1 Å². The van der Waals surface area contributed by atoms with Crippen LogP contribution in [0.5, 0.6) is 0 Å². The third-order valence-electron chi connectivity index (χ3n) is 3.29. The van der Waals surface area contributed by atoms with Crippen molar-refractivity contribution >= 4 is 5.91 Å². The van der Waals surface area contributed by atoms with E-state index in [1.807, 2.05) is 31.2 Å². The third-order valence-corrected chi connectivity index (χ3v) is 3.29. The van der Waals surface area contributed by atoms with Crippen LogP contribution in [0.25, 0.3) is 11.3 Å². The van der Waals surface area contributed by atoms with E-state index < -0.39 is 5.63 Å². The summed E-state index contributed by atoms with van der Waals surface area (Å²) in [4.78, 5) is 22.8. The Bertz CT molecular complexity index is 858. The summed E-state index contributed by atoms with van der Waals surface area (Å²) in [5.74, 6) is 0.286. The molecular formula is C17H14N2O4. The monoisotopic (exact) mass is 310 g/mol. The van der Waals surface area contributed by atoms with Crippen molar-refractivity contribution in [1.29, 1.82) is 0 Å². The van der Waals surface area contributed by atoms with Crippen molar-refractivity contribution in [2.45, 2.75) is 13.5 Å². The van der Waals surface area contributed by atoms with Crippen molar-refractivity contribution in [2.24, 2.45) is 0 Å². The first-order chi connectivity index (χ1) is 11.1. The van der Waals surface area contributed by atoms with Crippen LogP contribution in [0.1, 0.15) is 21.6 Å². The van der Waals surface area contributed by atoms with Gasteiger partial charge in [-0.1, -0.05) is 35.0 Å². The average molecular weight is 310 g/mol. The maximum absolute atomic E-state index is 11.9. The Morgan fingerprint density at radius 3 is 2.65 bits per heavy atom. The van der Waals surface area contributed by atoms with Crippen LogP contribution < -0.4 is 10.9 Å². The summed E-state index contributed by atoms with van der Waals surface area (Å²) < 4.78 is 9.94. The normalized spacial score (nSPS) is 10.5.